The first-order valence-electron chi connectivity index (χ1n) is 6.56. The highest BCUT2D eigenvalue weighted by Gasteiger charge is 2.17. The first-order valence-corrected chi connectivity index (χ1v) is 6.56. The van der Waals surface area contributed by atoms with Crippen LogP contribution in [0.3, 0.4) is 0 Å². The zero-order valence-electron chi connectivity index (χ0n) is 11.9. The molecule has 19 heavy (non-hydrogen) atoms. The van der Waals surface area contributed by atoms with Crippen LogP contribution in [0.4, 0.5) is 0 Å². The first kappa shape index (κ1) is 15.7. The molecule has 0 saturated carbocycles. The highest BCUT2D eigenvalue weighted by molar-refractivity contribution is 5.72. The number of hydrogen-bond acceptors (Lipinski definition) is 4. The minimum absolute atomic E-state index is 0.201. The molecule has 2 atom stereocenters. The summed E-state index contributed by atoms with van der Waals surface area (Å²) in [6.45, 7) is 5.01. The smallest absolute Gasteiger partial charge is 0.310 e. The highest BCUT2D eigenvalue weighted by atomic mass is 16.5. The zero-order chi connectivity index (χ0) is 14.3. The molecule has 4 nitrogen and oxygen atoms in total. The number of aliphatic hydroxyl groups is 1. The Morgan fingerprint density at radius 3 is 2.47 bits per heavy atom. The van der Waals surface area contributed by atoms with E-state index in [1.54, 1.807) is 6.92 Å². The summed E-state index contributed by atoms with van der Waals surface area (Å²) in [6, 6.07) is 9.63. The van der Waals surface area contributed by atoms with Gasteiger partial charge in [-0.05, 0) is 19.5 Å². The van der Waals surface area contributed by atoms with Crippen molar-refractivity contribution in [2.45, 2.75) is 26.6 Å². The van der Waals surface area contributed by atoms with Crippen LogP contribution in [-0.2, 0) is 16.1 Å². The second-order valence-corrected chi connectivity index (χ2v) is 5.06. The van der Waals surface area contributed by atoms with Gasteiger partial charge in [0, 0.05) is 13.1 Å². The van der Waals surface area contributed by atoms with Crippen LogP contribution in [0.25, 0.3) is 0 Å². The van der Waals surface area contributed by atoms with Crippen LogP contribution >= 0.6 is 0 Å². The molecule has 4 heteroatoms. The van der Waals surface area contributed by atoms with E-state index in [0.29, 0.717) is 19.7 Å². The maximum Gasteiger partial charge on any atom is 0.310 e. The topological polar surface area (TPSA) is 49.8 Å². The second kappa shape index (κ2) is 7.92. The molecule has 0 bridgehead atoms. The van der Waals surface area contributed by atoms with Crippen molar-refractivity contribution >= 4 is 5.97 Å². The molecule has 106 valence electrons. The molecule has 0 aliphatic heterocycles. The summed E-state index contributed by atoms with van der Waals surface area (Å²) in [5.74, 6) is -0.409. The van der Waals surface area contributed by atoms with Gasteiger partial charge < -0.3 is 14.7 Å². The summed E-state index contributed by atoms with van der Waals surface area (Å²) in [7, 11) is 1.88. The normalized spacial score (nSPS) is 14.2. The molecule has 1 aromatic carbocycles. The molecular formula is C15H23NO3. The number of esters is 1. The fraction of sp³-hybridized carbons (Fsp3) is 0.533. The molecule has 0 aliphatic rings. The SMILES string of the molecule is CC(O)CN(C)CC(C)C(=O)OCc1ccccc1. The Bertz CT molecular complexity index is 378. The molecule has 1 rings (SSSR count). The predicted molar refractivity (Wildman–Crippen MR) is 74.6 cm³/mol. The Balaban J connectivity index is 2.32. The maximum atomic E-state index is 11.8. The lowest BCUT2D eigenvalue weighted by Gasteiger charge is -2.21. The fourth-order valence-corrected chi connectivity index (χ4v) is 1.94. The van der Waals surface area contributed by atoms with Gasteiger partial charge in [0.2, 0.25) is 0 Å². The molecule has 2 unspecified atom stereocenters. The van der Waals surface area contributed by atoms with Crippen molar-refractivity contribution in [3.63, 3.8) is 0 Å². The van der Waals surface area contributed by atoms with Crippen molar-refractivity contribution in [2.24, 2.45) is 5.92 Å². The van der Waals surface area contributed by atoms with Crippen LogP contribution in [0, 0.1) is 5.92 Å². The van der Waals surface area contributed by atoms with Crippen LogP contribution < -0.4 is 0 Å². The van der Waals surface area contributed by atoms with Gasteiger partial charge in [-0.25, -0.2) is 0 Å². The van der Waals surface area contributed by atoms with E-state index in [9.17, 15) is 9.90 Å². The van der Waals surface area contributed by atoms with E-state index in [0.717, 1.165) is 5.56 Å². The van der Waals surface area contributed by atoms with Gasteiger partial charge in [0.25, 0.3) is 0 Å². The minimum Gasteiger partial charge on any atom is -0.461 e. The number of likely N-dealkylation sites (N-methyl/N-ethyl adjacent to an activating group) is 1. The highest BCUT2D eigenvalue weighted by Crippen LogP contribution is 2.06. The lowest BCUT2D eigenvalue weighted by atomic mass is 10.1. The molecular weight excluding hydrogens is 242 g/mol. The van der Waals surface area contributed by atoms with Gasteiger partial charge in [-0.15, -0.1) is 0 Å². The quantitative estimate of drug-likeness (QED) is 0.762. The van der Waals surface area contributed by atoms with Gasteiger partial charge in [0.15, 0.2) is 0 Å². The van der Waals surface area contributed by atoms with Crippen LogP contribution in [0.2, 0.25) is 0 Å². The van der Waals surface area contributed by atoms with Gasteiger partial charge in [-0.1, -0.05) is 37.3 Å². The van der Waals surface area contributed by atoms with E-state index in [4.69, 9.17) is 4.74 Å². The summed E-state index contributed by atoms with van der Waals surface area (Å²) in [6.07, 6.45) is -0.391. The zero-order valence-corrected chi connectivity index (χ0v) is 11.9. The lowest BCUT2D eigenvalue weighted by molar-refractivity contribution is -0.149. The van der Waals surface area contributed by atoms with E-state index in [2.05, 4.69) is 0 Å². The van der Waals surface area contributed by atoms with Crippen LogP contribution in [0.5, 0.6) is 0 Å². The average molecular weight is 265 g/mol. The number of rotatable bonds is 7. The third kappa shape index (κ3) is 6.36. The minimum atomic E-state index is -0.391. The third-order valence-corrected chi connectivity index (χ3v) is 2.79. The Morgan fingerprint density at radius 1 is 1.26 bits per heavy atom. The van der Waals surface area contributed by atoms with E-state index in [-0.39, 0.29) is 11.9 Å². The monoisotopic (exact) mass is 265 g/mol. The number of hydrogen-bond donors (Lipinski definition) is 1. The molecule has 0 aliphatic carbocycles. The lowest BCUT2D eigenvalue weighted by Crippen LogP contribution is -2.34. The molecule has 1 N–H and O–H groups in total. The van der Waals surface area contributed by atoms with E-state index < -0.39 is 6.10 Å². The van der Waals surface area contributed by atoms with Crippen molar-refractivity contribution in [3.05, 3.63) is 35.9 Å². The molecule has 0 amide bonds. The van der Waals surface area contributed by atoms with Crippen LogP contribution in [0.1, 0.15) is 19.4 Å². The largest absolute Gasteiger partial charge is 0.461 e. The van der Waals surface area contributed by atoms with Crippen molar-refractivity contribution < 1.29 is 14.6 Å². The summed E-state index contributed by atoms with van der Waals surface area (Å²) in [5.41, 5.74) is 0.986. The van der Waals surface area contributed by atoms with Gasteiger partial charge in [-0.3, -0.25) is 4.79 Å². The van der Waals surface area contributed by atoms with Gasteiger partial charge in [0.05, 0.1) is 12.0 Å². The molecule has 0 heterocycles. The van der Waals surface area contributed by atoms with Crippen LogP contribution in [0.15, 0.2) is 30.3 Å². The summed E-state index contributed by atoms with van der Waals surface area (Å²) in [5, 5.41) is 9.27. The number of nitrogens with zero attached hydrogens (tertiary/aromatic N) is 1. The molecule has 0 fully saturated rings. The number of aliphatic hydroxyl groups excluding tert-OH is 1. The van der Waals surface area contributed by atoms with E-state index in [1.807, 2.05) is 49.2 Å². The number of ether oxygens (including phenoxy) is 1. The number of benzene rings is 1. The van der Waals surface area contributed by atoms with Crippen molar-refractivity contribution in [3.8, 4) is 0 Å². The summed E-state index contributed by atoms with van der Waals surface area (Å²) >= 11 is 0. The van der Waals surface area contributed by atoms with Gasteiger partial charge in [0.1, 0.15) is 6.61 Å². The summed E-state index contributed by atoms with van der Waals surface area (Å²) < 4.78 is 5.27. The molecule has 0 aromatic heterocycles. The van der Waals surface area contributed by atoms with E-state index >= 15 is 0 Å². The van der Waals surface area contributed by atoms with Crippen molar-refractivity contribution in [2.75, 3.05) is 20.1 Å². The van der Waals surface area contributed by atoms with Gasteiger partial charge in [-0.2, -0.15) is 0 Å². The predicted octanol–water partition coefficient (Wildman–Crippen LogP) is 1.68. The summed E-state index contributed by atoms with van der Waals surface area (Å²) in [4.78, 5) is 13.8. The van der Waals surface area contributed by atoms with Crippen LogP contribution in [-0.4, -0.2) is 42.2 Å². The number of carbonyl (C=O) groups excluding carboxylic acids is 1. The molecule has 0 saturated heterocycles. The molecule has 0 spiro atoms. The second-order valence-electron chi connectivity index (χ2n) is 5.06. The number of carbonyl (C=O) groups is 1. The average Bonchev–Trinajstić information content (AvgIpc) is 2.36. The standard InChI is InChI=1S/C15H23NO3/c1-12(9-16(3)10-13(2)17)15(18)19-11-14-7-5-4-6-8-14/h4-8,12-13,17H,9-11H2,1-3H3. The van der Waals surface area contributed by atoms with Crippen molar-refractivity contribution in [1.82, 2.24) is 4.90 Å². The third-order valence-electron chi connectivity index (χ3n) is 2.79. The van der Waals surface area contributed by atoms with Gasteiger partial charge >= 0.3 is 5.97 Å². The molecule has 1 aromatic rings. The van der Waals surface area contributed by atoms with Crippen molar-refractivity contribution in [1.29, 1.82) is 0 Å². The Morgan fingerprint density at radius 2 is 1.89 bits per heavy atom. The Labute approximate surface area is 115 Å². The fourth-order valence-electron chi connectivity index (χ4n) is 1.94. The Hall–Kier alpha value is -1.39. The first-order chi connectivity index (χ1) is 8.99. The van der Waals surface area contributed by atoms with E-state index in [1.165, 1.54) is 0 Å². The molecule has 0 radical (unpaired) electrons. The maximum absolute atomic E-state index is 11.8. The Kier molecular flexibility index (Phi) is 6.53.